The van der Waals surface area contributed by atoms with Crippen LogP contribution in [0.1, 0.15) is 5.56 Å². The largest absolute Gasteiger partial charge is 0.480 e. The number of carboxylic acids is 1. The van der Waals surface area contributed by atoms with Crippen molar-refractivity contribution in [3.8, 4) is 0 Å². The summed E-state index contributed by atoms with van der Waals surface area (Å²) in [5.74, 6) is -0.957. The Morgan fingerprint density at radius 1 is 1.40 bits per heavy atom. The molecule has 0 radical (unpaired) electrons. The Labute approximate surface area is 92.4 Å². The zero-order valence-electron chi connectivity index (χ0n) is 8.30. The van der Waals surface area contributed by atoms with Gasteiger partial charge in [0, 0.05) is 16.9 Å². The zero-order chi connectivity index (χ0) is 11.1. The number of ether oxygens (including phenoxy) is 1. The molecule has 1 aromatic rings. The van der Waals surface area contributed by atoms with Crippen LogP contribution in [0.4, 0.5) is 0 Å². The lowest BCUT2D eigenvalue weighted by molar-refractivity contribution is -0.142. The number of aliphatic carboxylic acids is 1. The van der Waals surface area contributed by atoms with Crippen molar-refractivity contribution in [2.75, 3.05) is 13.7 Å². The minimum Gasteiger partial charge on any atom is -0.480 e. The Morgan fingerprint density at radius 3 is 2.60 bits per heavy atom. The predicted octanol–water partition coefficient (Wildman–Crippen LogP) is 1.94. The molecule has 0 fully saturated rings. The van der Waals surface area contributed by atoms with Gasteiger partial charge in [0.05, 0.1) is 13.7 Å². The summed E-state index contributed by atoms with van der Waals surface area (Å²) in [4.78, 5) is 11.2. The highest BCUT2D eigenvalue weighted by Gasteiger charge is 1.98. The Morgan fingerprint density at radius 2 is 2.07 bits per heavy atom. The van der Waals surface area contributed by atoms with Crippen LogP contribution < -0.4 is 0 Å². The first-order valence-electron chi connectivity index (χ1n) is 4.31. The quantitative estimate of drug-likeness (QED) is 0.754. The molecule has 4 nitrogen and oxygen atoms in total. The molecule has 1 rings (SSSR count). The third-order valence-electron chi connectivity index (χ3n) is 1.60. The van der Waals surface area contributed by atoms with Gasteiger partial charge in [0.25, 0.3) is 0 Å². The van der Waals surface area contributed by atoms with Crippen LogP contribution >= 0.6 is 12.0 Å². The molecule has 0 aromatic heterocycles. The van der Waals surface area contributed by atoms with Gasteiger partial charge >= 0.3 is 5.97 Å². The van der Waals surface area contributed by atoms with E-state index in [2.05, 4.69) is 0 Å². The van der Waals surface area contributed by atoms with Crippen molar-refractivity contribution in [3.05, 3.63) is 29.8 Å². The van der Waals surface area contributed by atoms with Crippen molar-refractivity contribution < 1.29 is 18.8 Å². The van der Waals surface area contributed by atoms with Crippen LogP contribution in [-0.4, -0.2) is 24.8 Å². The number of hydrogen-bond donors (Lipinski definition) is 1. The molecule has 15 heavy (non-hydrogen) atoms. The molecule has 1 aromatic carbocycles. The summed E-state index contributed by atoms with van der Waals surface area (Å²) in [7, 11) is 1.61. The Kier molecular flexibility index (Phi) is 5.17. The molecule has 0 heterocycles. The summed E-state index contributed by atoms with van der Waals surface area (Å²) in [6.07, 6.45) is 0. The molecule has 0 aliphatic rings. The van der Waals surface area contributed by atoms with E-state index in [4.69, 9.17) is 14.0 Å². The fourth-order valence-electron chi connectivity index (χ4n) is 0.994. The van der Waals surface area contributed by atoms with Crippen LogP contribution in [0.3, 0.4) is 0 Å². The number of carbonyl (C=O) groups is 1. The van der Waals surface area contributed by atoms with Gasteiger partial charge in [0.1, 0.15) is 6.61 Å². The van der Waals surface area contributed by atoms with Gasteiger partial charge in [-0.3, -0.25) is 0 Å². The van der Waals surface area contributed by atoms with E-state index >= 15 is 0 Å². The number of carboxylic acid groups (broad SMARTS) is 1. The topological polar surface area (TPSA) is 55.8 Å². The van der Waals surface area contributed by atoms with Gasteiger partial charge in [0.15, 0.2) is 0 Å². The van der Waals surface area contributed by atoms with Crippen LogP contribution in [0, 0.1) is 0 Å². The lowest BCUT2D eigenvalue weighted by Crippen LogP contribution is -2.06. The van der Waals surface area contributed by atoms with E-state index in [0.717, 1.165) is 10.5 Å². The van der Waals surface area contributed by atoms with Gasteiger partial charge in [-0.15, -0.1) is 0 Å². The molecule has 0 bridgehead atoms. The van der Waals surface area contributed by atoms with Crippen molar-refractivity contribution in [2.24, 2.45) is 0 Å². The molecule has 1 N–H and O–H groups in total. The monoisotopic (exact) mass is 228 g/mol. The summed E-state index contributed by atoms with van der Waals surface area (Å²) in [6, 6.07) is 7.55. The molecule has 0 aliphatic carbocycles. The molecule has 0 saturated carbocycles. The number of rotatable bonds is 6. The summed E-state index contributed by atoms with van der Waals surface area (Å²) in [6.45, 7) is 0.0405. The Balaban J connectivity index is 2.39. The lowest BCUT2D eigenvalue weighted by atomic mass is 10.2. The molecule has 0 aliphatic heterocycles. The normalized spacial score (nSPS) is 10.2. The van der Waals surface area contributed by atoms with Crippen molar-refractivity contribution in [1.29, 1.82) is 0 Å². The van der Waals surface area contributed by atoms with E-state index in [1.54, 1.807) is 7.11 Å². The summed E-state index contributed by atoms with van der Waals surface area (Å²) in [5, 5.41) is 8.36. The first-order chi connectivity index (χ1) is 7.22. The molecule has 0 spiro atoms. The maximum Gasteiger partial charge on any atom is 0.329 e. The van der Waals surface area contributed by atoms with Crippen LogP contribution in [0.25, 0.3) is 0 Å². The van der Waals surface area contributed by atoms with Crippen molar-refractivity contribution >= 4 is 18.0 Å². The molecule has 0 saturated heterocycles. The highest BCUT2D eigenvalue weighted by Crippen LogP contribution is 2.18. The molecular weight excluding hydrogens is 216 g/mol. The molecule has 0 unspecified atom stereocenters. The van der Waals surface area contributed by atoms with E-state index < -0.39 is 5.97 Å². The molecule has 0 amide bonds. The van der Waals surface area contributed by atoms with Gasteiger partial charge in [0.2, 0.25) is 0 Å². The van der Waals surface area contributed by atoms with Crippen molar-refractivity contribution in [1.82, 2.24) is 0 Å². The third kappa shape index (κ3) is 4.83. The standard InChI is InChI=1S/C10H12O4S/c1-13-15-9-4-2-8(3-5-9)6-14-7-10(11)12/h2-5H,6-7H2,1H3,(H,11,12). The van der Waals surface area contributed by atoms with Crippen LogP contribution in [0.5, 0.6) is 0 Å². The second-order valence-corrected chi connectivity index (χ2v) is 3.75. The summed E-state index contributed by atoms with van der Waals surface area (Å²) in [5.41, 5.74) is 0.941. The highest BCUT2D eigenvalue weighted by molar-refractivity contribution is 7.94. The van der Waals surface area contributed by atoms with Gasteiger partial charge in [-0.05, 0) is 17.7 Å². The van der Waals surface area contributed by atoms with E-state index in [-0.39, 0.29) is 6.61 Å². The molecule has 0 atom stereocenters. The minimum atomic E-state index is -0.957. The van der Waals surface area contributed by atoms with E-state index in [1.807, 2.05) is 24.3 Å². The summed E-state index contributed by atoms with van der Waals surface area (Å²) >= 11 is 1.28. The van der Waals surface area contributed by atoms with Crippen LogP contribution in [0.15, 0.2) is 29.2 Å². The molecule has 82 valence electrons. The van der Waals surface area contributed by atoms with E-state index in [9.17, 15) is 4.79 Å². The second-order valence-electron chi connectivity index (χ2n) is 2.78. The lowest BCUT2D eigenvalue weighted by Gasteiger charge is -2.02. The smallest absolute Gasteiger partial charge is 0.329 e. The summed E-state index contributed by atoms with van der Waals surface area (Å²) < 4.78 is 9.83. The average molecular weight is 228 g/mol. The molecular formula is C10H12O4S. The minimum absolute atomic E-state index is 0.269. The van der Waals surface area contributed by atoms with E-state index in [0.29, 0.717) is 6.61 Å². The fraction of sp³-hybridized carbons (Fsp3) is 0.300. The van der Waals surface area contributed by atoms with Gasteiger partial charge in [-0.2, -0.15) is 0 Å². The first-order valence-corrected chi connectivity index (χ1v) is 5.05. The average Bonchev–Trinajstić information content (AvgIpc) is 2.20. The highest BCUT2D eigenvalue weighted by atomic mass is 32.2. The van der Waals surface area contributed by atoms with Gasteiger partial charge < -0.3 is 14.0 Å². The second kappa shape index (κ2) is 6.44. The SMILES string of the molecule is COSc1ccc(COCC(=O)O)cc1. The maximum absolute atomic E-state index is 10.2. The number of benzene rings is 1. The Hall–Kier alpha value is -1.04. The maximum atomic E-state index is 10.2. The van der Waals surface area contributed by atoms with Crippen LogP contribution in [-0.2, 0) is 20.3 Å². The zero-order valence-corrected chi connectivity index (χ0v) is 9.12. The van der Waals surface area contributed by atoms with Gasteiger partial charge in [-0.25, -0.2) is 4.79 Å². The molecule has 5 heteroatoms. The fourth-order valence-corrected chi connectivity index (χ4v) is 1.43. The van der Waals surface area contributed by atoms with Crippen molar-refractivity contribution in [2.45, 2.75) is 11.5 Å². The van der Waals surface area contributed by atoms with Crippen molar-refractivity contribution in [3.63, 3.8) is 0 Å². The third-order valence-corrected chi connectivity index (χ3v) is 2.23. The predicted molar refractivity (Wildman–Crippen MR) is 56.6 cm³/mol. The number of hydrogen-bond acceptors (Lipinski definition) is 4. The van der Waals surface area contributed by atoms with Crippen LogP contribution in [0.2, 0.25) is 0 Å². The van der Waals surface area contributed by atoms with Gasteiger partial charge in [-0.1, -0.05) is 12.1 Å². The first kappa shape index (κ1) is 12.0. The van der Waals surface area contributed by atoms with E-state index in [1.165, 1.54) is 12.0 Å². The Bertz CT molecular complexity index is 310.